The number of nitrogens with zero attached hydrogens (tertiary/aromatic N) is 1. The van der Waals surface area contributed by atoms with Crippen LogP contribution in [0.1, 0.15) is 32.6 Å². The Kier molecular flexibility index (Phi) is 2.82. The Hall–Kier alpha value is -1.51. The van der Waals surface area contributed by atoms with Gasteiger partial charge in [-0.3, -0.25) is 4.79 Å². The summed E-state index contributed by atoms with van der Waals surface area (Å²) in [7, 11) is 0. The maximum Gasteiger partial charge on any atom is 0.139 e. The summed E-state index contributed by atoms with van der Waals surface area (Å²) in [6.07, 6.45) is 15.1. The molecule has 0 aromatic rings. The number of ketones is 1. The number of hydrogen-bond donors (Lipinski definition) is 1. The van der Waals surface area contributed by atoms with Crippen LogP contribution in [0.15, 0.2) is 41.1 Å². The molecule has 0 aromatic heterocycles. The summed E-state index contributed by atoms with van der Waals surface area (Å²) < 4.78 is 0. The van der Waals surface area contributed by atoms with Gasteiger partial charge < -0.3 is 0 Å². The first-order valence-electron chi connectivity index (χ1n) is 8.11. The van der Waals surface area contributed by atoms with Crippen LogP contribution in [0.3, 0.4) is 0 Å². The first kappa shape index (κ1) is 13.2. The quantitative estimate of drug-likeness (QED) is 0.572. The van der Waals surface area contributed by atoms with Gasteiger partial charge in [0.25, 0.3) is 0 Å². The van der Waals surface area contributed by atoms with Gasteiger partial charge in [0.15, 0.2) is 0 Å². The summed E-state index contributed by atoms with van der Waals surface area (Å²) in [6.45, 7) is 2.20. The molecule has 0 saturated heterocycles. The van der Waals surface area contributed by atoms with Gasteiger partial charge in [-0.05, 0) is 42.6 Å². The molecule has 110 valence electrons. The summed E-state index contributed by atoms with van der Waals surface area (Å²) in [4.78, 5) is 12.3. The smallest absolute Gasteiger partial charge is 0.139 e. The molecule has 0 bridgehead atoms. The Morgan fingerprint density at radius 3 is 2.95 bits per heavy atom. The zero-order chi connectivity index (χ0) is 14.6. The van der Waals surface area contributed by atoms with E-state index in [0.29, 0.717) is 29.5 Å². The van der Waals surface area contributed by atoms with Crippen molar-refractivity contribution in [2.45, 2.75) is 38.6 Å². The Balaban J connectivity index is 1.69. The van der Waals surface area contributed by atoms with Gasteiger partial charge in [-0.15, -0.1) is 0 Å². The third-order valence-corrected chi connectivity index (χ3v) is 6.48. The number of carbonyl (C=O) groups is 1. The fourth-order valence-corrected chi connectivity index (χ4v) is 5.26. The van der Waals surface area contributed by atoms with E-state index in [4.69, 9.17) is 5.53 Å². The standard InChI is InChI=1S/C18H22N2O/c1-18-9-8-14-13-5-3-12(20-19)10-11(13)2-4-15(14)16(18)6-7-17(18)21/h2-5,10,12-16,19H,6-9H2,1H3/t12?,13?,14?,15?,16?,18-/m0/s1. The fourth-order valence-electron chi connectivity index (χ4n) is 5.26. The molecule has 6 atom stereocenters. The minimum Gasteiger partial charge on any atom is -0.299 e. The predicted octanol–water partition coefficient (Wildman–Crippen LogP) is 4.08. The molecule has 2 saturated carbocycles. The summed E-state index contributed by atoms with van der Waals surface area (Å²) in [5.74, 6) is 2.68. The molecule has 4 aliphatic carbocycles. The second-order valence-corrected chi connectivity index (χ2v) is 7.32. The van der Waals surface area contributed by atoms with E-state index in [0.717, 1.165) is 25.7 Å². The van der Waals surface area contributed by atoms with Crippen LogP contribution in [0.4, 0.5) is 0 Å². The molecule has 4 aliphatic rings. The van der Waals surface area contributed by atoms with E-state index < -0.39 is 0 Å². The van der Waals surface area contributed by atoms with Crippen molar-refractivity contribution in [1.29, 1.82) is 5.53 Å². The van der Waals surface area contributed by atoms with Crippen LogP contribution in [-0.2, 0) is 4.79 Å². The molecule has 0 amide bonds. The second-order valence-electron chi connectivity index (χ2n) is 7.32. The number of nitrogens with one attached hydrogen (secondary N) is 1. The molecule has 21 heavy (non-hydrogen) atoms. The van der Waals surface area contributed by atoms with Crippen LogP contribution >= 0.6 is 0 Å². The van der Waals surface area contributed by atoms with Gasteiger partial charge in [0.1, 0.15) is 11.8 Å². The van der Waals surface area contributed by atoms with Gasteiger partial charge in [0.2, 0.25) is 0 Å². The Bertz CT molecular complexity index is 588. The minimum absolute atomic E-state index is 0.0653. The summed E-state index contributed by atoms with van der Waals surface area (Å²) >= 11 is 0. The van der Waals surface area contributed by atoms with Crippen LogP contribution in [0.25, 0.3) is 0 Å². The second kappa shape index (κ2) is 4.49. The van der Waals surface area contributed by atoms with Gasteiger partial charge in [-0.2, -0.15) is 5.11 Å². The van der Waals surface area contributed by atoms with Gasteiger partial charge in [0, 0.05) is 17.8 Å². The first-order chi connectivity index (χ1) is 10.1. The van der Waals surface area contributed by atoms with Crippen molar-refractivity contribution in [2.75, 3.05) is 0 Å². The number of allylic oxidation sites excluding steroid dienone is 4. The van der Waals surface area contributed by atoms with Gasteiger partial charge in [-0.1, -0.05) is 37.3 Å². The van der Waals surface area contributed by atoms with E-state index in [-0.39, 0.29) is 11.5 Å². The largest absolute Gasteiger partial charge is 0.299 e. The lowest BCUT2D eigenvalue weighted by atomic mass is 9.55. The highest BCUT2D eigenvalue weighted by Gasteiger charge is 2.54. The Morgan fingerprint density at radius 2 is 2.14 bits per heavy atom. The number of rotatable bonds is 1. The fraction of sp³-hybridized carbons (Fsp3) is 0.611. The van der Waals surface area contributed by atoms with Crippen molar-refractivity contribution < 1.29 is 4.79 Å². The van der Waals surface area contributed by atoms with E-state index in [1.165, 1.54) is 5.57 Å². The van der Waals surface area contributed by atoms with Crippen LogP contribution in [0.5, 0.6) is 0 Å². The normalized spacial score (nSPS) is 47.4. The van der Waals surface area contributed by atoms with E-state index in [9.17, 15) is 4.79 Å². The highest BCUT2D eigenvalue weighted by Crippen LogP contribution is 2.58. The molecule has 3 nitrogen and oxygen atoms in total. The zero-order valence-corrected chi connectivity index (χ0v) is 12.5. The van der Waals surface area contributed by atoms with E-state index in [1.54, 1.807) is 0 Å². The lowest BCUT2D eigenvalue weighted by molar-refractivity contribution is -0.129. The van der Waals surface area contributed by atoms with Crippen LogP contribution < -0.4 is 0 Å². The van der Waals surface area contributed by atoms with Crippen molar-refractivity contribution in [1.82, 2.24) is 0 Å². The molecular weight excluding hydrogens is 260 g/mol. The van der Waals surface area contributed by atoms with Crippen LogP contribution in [-0.4, -0.2) is 11.8 Å². The first-order valence-corrected chi connectivity index (χ1v) is 8.11. The molecule has 4 rings (SSSR count). The molecule has 0 radical (unpaired) electrons. The molecule has 0 spiro atoms. The van der Waals surface area contributed by atoms with E-state index >= 15 is 0 Å². The maximum absolute atomic E-state index is 12.3. The average Bonchev–Trinajstić information content (AvgIpc) is 2.82. The van der Waals surface area contributed by atoms with Crippen LogP contribution in [0, 0.1) is 34.6 Å². The van der Waals surface area contributed by atoms with E-state index in [1.807, 2.05) is 0 Å². The Labute approximate surface area is 125 Å². The summed E-state index contributed by atoms with van der Waals surface area (Å²) in [5, 5.41) is 3.62. The lowest BCUT2D eigenvalue weighted by Gasteiger charge is -2.49. The number of Topliss-reactive ketones (excluding diaryl/α,β-unsaturated/α-hetero) is 1. The molecule has 0 aliphatic heterocycles. The van der Waals surface area contributed by atoms with Crippen molar-refractivity contribution in [3.8, 4) is 0 Å². The highest BCUT2D eigenvalue weighted by atomic mass is 16.1. The monoisotopic (exact) mass is 282 g/mol. The van der Waals surface area contributed by atoms with Crippen molar-refractivity contribution in [3.63, 3.8) is 0 Å². The van der Waals surface area contributed by atoms with Crippen molar-refractivity contribution in [3.05, 3.63) is 36.0 Å². The van der Waals surface area contributed by atoms with Crippen molar-refractivity contribution in [2.24, 2.45) is 34.2 Å². The third-order valence-electron chi connectivity index (χ3n) is 6.48. The third kappa shape index (κ3) is 1.76. The summed E-state index contributed by atoms with van der Waals surface area (Å²) in [6, 6.07) is -0.0839. The summed E-state index contributed by atoms with van der Waals surface area (Å²) in [5.41, 5.74) is 8.46. The number of carbonyl (C=O) groups excluding carboxylic acids is 1. The molecule has 3 heteroatoms. The molecule has 2 fully saturated rings. The van der Waals surface area contributed by atoms with E-state index in [2.05, 4.69) is 42.4 Å². The van der Waals surface area contributed by atoms with Gasteiger partial charge >= 0.3 is 0 Å². The number of hydrogen-bond acceptors (Lipinski definition) is 3. The zero-order valence-electron chi connectivity index (χ0n) is 12.5. The van der Waals surface area contributed by atoms with Crippen molar-refractivity contribution >= 4 is 5.78 Å². The maximum atomic E-state index is 12.3. The lowest BCUT2D eigenvalue weighted by Crippen LogP contribution is -2.44. The molecular formula is C18H22N2O. The average molecular weight is 282 g/mol. The molecule has 5 unspecified atom stereocenters. The highest BCUT2D eigenvalue weighted by molar-refractivity contribution is 5.87. The molecule has 0 aromatic carbocycles. The topological polar surface area (TPSA) is 53.3 Å². The number of fused-ring (bicyclic) bond motifs is 5. The Morgan fingerprint density at radius 1 is 1.29 bits per heavy atom. The van der Waals surface area contributed by atoms with Gasteiger partial charge in [0.05, 0.1) is 0 Å². The predicted molar refractivity (Wildman–Crippen MR) is 80.8 cm³/mol. The van der Waals surface area contributed by atoms with Crippen LogP contribution in [0.2, 0.25) is 0 Å². The minimum atomic E-state index is -0.0839. The van der Waals surface area contributed by atoms with Gasteiger partial charge in [-0.25, -0.2) is 5.53 Å². The molecule has 1 N–H and O–H groups in total. The molecule has 0 heterocycles. The SMILES string of the molecule is C[C@]12CCC3C4C=CC(N=N)C=C4C=CC3C1CCC2=O.